The zero-order chi connectivity index (χ0) is 44.1. The average Bonchev–Trinajstić information content (AvgIpc) is 3.21. The van der Waals surface area contributed by atoms with E-state index in [9.17, 15) is 27.6 Å². The van der Waals surface area contributed by atoms with Gasteiger partial charge in [-0.05, 0) is 59.9 Å². The van der Waals surface area contributed by atoms with Gasteiger partial charge in [-0.3, -0.25) is 19.1 Å². The van der Waals surface area contributed by atoms with Crippen molar-refractivity contribution in [3.8, 4) is 23.0 Å². The monoisotopic (exact) mass is 869 g/mol. The fourth-order valence-electron chi connectivity index (χ4n) is 6.61. The highest BCUT2D eigenvalue weighted by molar-refractivity contribution is 8.15. The van der Waals surface area contributed by atoms with Gasteiger partial charge in [-0.1, -0.05) is 63.7 Å². The lowest BCUT2D eigenvalue weighted by molar-refractivity contribution is -0.142. The third kappa shape index (κ3) is 10.6. The summed E-state index contributed by atoms with van der Waals surface area (Å²) in [6.45, 7) is 8.09. The quantitative estimate of drug-likeness (QED) is 0.0682. The van der Waals surface area contributed by atoms with Crippen molar-refractivity contribution in [2.45, 2.75) is 45.7 Å². The number of carbonyl (C=O) groups is 4. The number of nitrogens with one attached hydrogen (secondary N) is 5. The molecule has 0 spiro atoms. The highest BCUT2D eigenvalue weighted by Gasteiger charge is 2.33. The number of methoxy groups -OCH3 is 2. The molecular weight excluding hydrogens is 823 g/mol. The topological polar surface area (TPSA) is 206 Å². The Hall–Kier alpha value is -6.53. The molecule has 0 aliphatic carbocycles. The van der Waals surface area contributed by atoms with Crippen LogP contribution in [0.25, 0.3) is 10.8 Å². The Morgan fingerprint density at radius 3 is 2.30 bits per heavy atom. The first-order valence-electron chi connectivity index (χ1n) is 19.2. The number of amides is 4. The van der Waals surface area contributed by atoms with Crippen molar-refractivity contribution in [2.75, 3.05) is 53.4 Å². The van der Waals surface area contributed by atoms with Gasteiger partial charge in [0.05, 0.1) is 43.1 Å². The van der Waals surface area contributed by atoms with Gasteiger partial charge in [0.1, 0.15) is 29.2 Å². The lowest BCUT2D eigenvalue weighted by atomic mass is 9.86. The van der Waals surface area contributed by atoms with Crippen LogP contribution in [0.4, 0.5) is 33.4 Å². The number of sulfonamides is 1. The van der Waals surface area contributed by atoms with Crippen molar-refractivity contribution in [3.63, 3.8) is 0 Å². The molecule has 0 saturated carbocycles. The van der Waals surface area contributed by atoms with Crippen molar-refractivity contribution >= 4 is 84.1 Å². The lowest BCUT2D eigenvalue weighted by Gasteiger charge is -2.33. The smallest absolute Gasteiger partial charge is 0.323 e. The summed E-state index contributed by atoms with van der Waals surface area (Å²) in [6.07, 6.45) is 2.38. The normalized spacial score (nSPS) is 13.6. The molecule has 1 unspecified atom stereocenters. The summed E-state index contributed by atoms with van der Waals surface area (Å²) in [4.78, 5) is 57.2. The van der Waals surface area contributed by atoms with Crippen LogP contribution in [0.5, 0.6) is 23.0 Å². The van der Waals surface area contributed by atoms with E-state index in [0.717, 1.165) is 23.6 Å². The van der Waals surface area contributed by atoms with Gasteiger partial charge in [0.15, 0.2) is 5.75 Å². The molecule has 2 heterocycles. The van der Waals surface area contributed by atoms with Crippen LogP contribution in [0, 0.1) is 0 Å². The molecule has 6 rings (SSSR count). The minimum atomic E-state index is -3.66. The summed E-state index contributed by atoms with van der Waals surface area (Å²) < 4.78 is 44.3. The van der Waals surface area contributed by atoms with E-state index >= 15 is 0 Å². The molecule has 5 N–H and O–H groups in total. The number of aromatic nitrogens is 1. The molecule has 18 heteroatoms. The van der Waals surface area contributed by atoms with Crippen molar-refractivity contribution in [2.24, 2.45) is 0 Å². The molecule has 5 aromatic rings. The van der Waals surface area contributed by atoms with Gasteiger partial charge in [0.25, 0.3) is 11.0 Å². The second kappa shape index (κ2) is 18.4. The van der Waals surface area contributed by atoms with E-state index in [2.05, 4.69) is 31.0 Å². The number of carbonyl (C=O) groups excluding carboxylic acids is 4. The number of benzene rings is 4. The molecule has 1 fully saturated rings. The highest BCUT2D eigenvalue weighted by Crippen LogP contribution is 2.40. The van der Waals surface area contributed by atoms with E-state index in [4.69, 9.17) is 14.2 Å². The minimum Gasteiger partial charge on any atom is -0.496 e. The van der Waals surface area contributed by atoms with Gasteiger partial charge in [-0.2, -0.15) is 0 Å². The van der Waals surface area contributed by atoms with E-state index in [1.807, 2.05) is 52.0 Å². The van der Waals surface area contributed by atoms with Gasteiger partial charge < -0.3 is 40.4 Å². The second-order valence-electron chi connectivity index (χ2n) is 15.0. The Labute approximate surface area is 358 Å². The molecule has 1 saturated heterocycles. The predicted octanol–water partition coefficient (Wildman–Crippen LogP) is 7.67. The first-order chi connectivity index (χ1) is 29.0. The van der Waals surface area contributed by atoms with Crippen molar-refractivity contribution < 1.29 is 41.8 Å². The fourth-order valence-corrected chi connectivity index (χ4v) is 7.88. The summed E-state index contributed by atoms with van der Waals surface area (Å²) in [7, 11) is -0.821. The minimum absolute atomic E-state index is 0.153. The average molecular weight is 870 g/mol. The third-order valence-electron chi connectivity index (χ3n) is 9.57. The van der Waals surface area contributed by atoms with Gasteiger partial charge in [-0.15, -0.1) is 0 Å². The van der Waals surface area contributed by atoms with E-state index in [0.29, 0.717) is 58.2 Å². The second-order valence-corrected chi connectivity index (χ2v) is 17.8. The molecule has 320 valence electrons. The molecule has 1 aromatic heterocycles. The number of anilines is 5. The SMILES string of the molecule is CCC(NC(=O)c1ccc(Nc2cc(Oc3ccc(NC(=O)Nc4cc(C(C)(C)C)cc(NS(C)(=O)=O)c4OC)c4ccccc34)ccn2)cc1OC)N1CCSC(=O)C1=O. The number of hydrogen-bond acceptors (Lipinski definition) is 12. The summed E-state index contributed by atoms with van der Waals surface area (Å²) in [6, 6.07) is 22.0. The lowest BCUT2D eigenvalue weighted by Crippen LogP contribution is -2.54. The standard InChI is InChI=1S/C43H47N7O9S2/c1-8-37(50-19-20-60-41(53)40(50)52)48-39(51)30-14-13-26(23-35(30)57-5)45-36-24-27(17-18-44-36)59-34-16-15-31(28-11-9-10-12-29(28)34)46-42(54)47-32-21-25(43(2,3)4)22-33(38(32)58-6)49-61(7,55)56/h9-18,21-24,37,49H,8,19-20H2,1-7H3,(H,44,45)(H,48,51)(H2,46,47,54). The van der Waals surface area contributed by atoms with Crippen LogP contribution < -0.4 is 40.2 Å². The molecule has 1 atom stereocenters. The highest BCUT2D eigenvalue weighted by atomic mass is 32.2. The van der Waals surface area contributed by atoms with Crippen LogP contribution in [-0.4, -0.2) is 80.2 Å². The Morgan fingerprint density at radius 2 is 1.61 bits per heavy atom. The van der Waals surface area contributed by atoms with Gasteiger partial charge in [0.2, 0.25) is 10.0 Å². The molecule has 0 radical (unpaired) electrons. The number of hydrogen-bond donors (Lipinski definition) is 5. The summed E-state index contributed by atoms with van der Waals surface area (Å²) in [5, 5.41) is 12.7. The summed E-state index contributed by atoms with van der Waals surface area (Å²) in [5.41, 5.74) is 2.16. The Kier molecular flexibility index (Phi) is 13.3. The Bertz CT molecular complexity index is 2620. The number of urea groups is 1. The van der Waals surface area contributed by atoms with E-state index in [1.165, 1.54) is 19.1 Å². The molecule has 4 amide bonds. The van der Waals surface area contributed by atoms with Crippen LogP contribution in [0.2, 0.25) is 0 Å². The number of rotatable bonds is 14. The zero-order valence-corrected chi connectivity index (χ0v) is 36.3. The predicted molar refractivity (Wildman–Crippen MR) is 238 cm³/mol. The molecular formula is C43H47N7O9S2. The largest absolute Gasteiger partial charge is 0.496 e. The summed E-state index contributed by atoms with van der Waals surface area (Å²) >= 11 is 0.974. The fraction of sp³-hybridized carbons (Fsp3) is 0.279. The maximum atomic E-state index is 13.5. The van der Waals surface area contributed by atoms with Crippen molar-refractivity contribution in [1.82, 2.24) is 15.2 Å². The van der Waals surface area contributed by atoms with E-state index < -0.39 is 39.1 Å². The maximum absolute atomic E-state index is 13.5. The van der Waals surface area contributed by atoms with Gasteiger partial charge in [-0.25, -0.2) is 18.2 Å². The van der Waals surface area contributed by atoms with Crippen molar-refractivity contribution in [1.29, 1.82) is 0 Å². The summed E-state index contributed by atoms with van der Waals surface area (Å²) in [5.74, 6) is 1.22. The van der Waals surface area contributed by atoms with Crippen LogP contribution in [0.15, 0.2) is 85.1 Å². The van der Waals surface area contributed by atoms with E-state index in [-0.39, 0.29) is 33.9 Å². The van der Waals surface area contributed by atoms with Crippen LogP contribution in [0.1, 0.15) is 50.0 Å². The Balaban J connectivity index is 1.17. The van der Waals surface area contributed by atoms with Crippen molar-refractivity contribution in [3.05, 3.63) is 96.2 Å². The number of nitrogens with zero attached hydrogens (tertiary/aromatic N) is 2. The maximum Gasteiger partial charge on any atom is 0.323 e. The van der Waals surface area contributed by atoms with Gasteiger partial charge in [0, 0.05) is 47.1 Å². The third-order valence-corrected chi connectivity index (χ3v) is 11.0. The number of ether oxygens (including phenoxy) is 3. The first kappa shape index (κ1) is 44.0. The van der Waals surface area contributed by atoms with Crippen LogP contribution >= 0.6 is 11.8 Å². The van der Waals surface area contributed by atoms with Crippen LogP contribution in [-0.2, 0) is 25.0 Å². The number of pyridine rings is 1. The Morgan fingerprint density at radius 1 is 0.885 bits per heavy atom. The molecule has 61 heavy (non-hydrogen) atoms. The molecule has 1 aliphatic rings. The molecule has 1 aliphatic heterocycles. The van der Waals surface area contributed by atoms with E-state index in [1.54, 1.807) is 60.8 Å². The van der Waals surface area contributed by atoms with Crippen LogP contribution in [0.3, 0.4) is 0 Å². The number of thioether (sulfide) groups is 1. The van der Waals surface area contributed by atoms with Gasteiger partial charge >= 0.3 is 11.9 Å². The first-order valence-corrected chi connectivity index (χ1v) is 22.0. The zero-order valence-electron chi connectivity index (χ0n) is 34.7. The molecule has 0 bridgehead atoms. The molecule has 16 nitrogen and oxygen atoms in total. The molecule has 4 aromatic carbocycles. The number of fused-ring (bicyclic) bond motifs is 1.